The maximum absolute atomic E-state index is 12.0. The minimum absolute atomic E-state index is 0.172. The summed E-state index contributed by atoms with van der Waals surface area (Å²) in [6.45, 7) is 5.00. The topological polar surface area (TPSA) is 81.2 Å². The Morgan fingerprint density at radius 1 is 1.04 bits per heavy atom. The Bertz CT molecular complexity index is 460. The third-order valence-electron chi connectivity index (χ3n) is 4.49. The number of aromatic nitrogens is 1. The van der Waals surface area contributed by atoms with E-state index in [0.717, 1.165) is 19.3 Å². The Kier molecular flexibility index (Phi) is 12.0. The van der Waals surface area contributed by atoms with Crippen LogP contribution in [0, 0.1) is 0 Å². The van der Waals surface area contributed by atoms with Gasteiger partial charge < -0.3 is 15.5 Å². The quantitative estimate of drug-likeness (QED) is 0.429. The lowest BCUT2D eigenvalue weighted by Crippen LogP contribution is -2.25. The molecule has 1 aromatic heterocycles. The van der Waals surface area contributed by atoms with Crippen LogP contribution in [0.15, 0.2) is 10.7 Å². The molecule has 3 N–H and O–H groups in total. The van der Waals surface area contributed by atoms with Crippen LogP contribution in [0.2, 0.25) is 0 Å². The molecule has 0 radical (unpaired) electrons. The van der Waals surface area contributed by atoms with Gasteiger partial charge in [0.15, 0.2) is 5.69 Å². The summed E-state index contributed by atoms with van der Waals surface area (Å²) in [5.41, 5.74) is 6.27. The van der Waals surface area contributed by atoms with E-state index in [1.54, 1.807) is 0 Å². The molecule has 0 bridgehead atoms. The van der Waals surface area contributed by atoms with Crippen molar-refractivity contribution in [2.24, 2.45) is 5.73 Å². The van der Waals surface area contributed by atoms with Crippen molar-refractivity contribution >= 4 is 5.91 Å². The molecule has 1 amide bonds. The number of rotatable bonds is 15. The fourth-order valence-corrected chi connectivity index (χ4v) is 2.90. The van der Waals surface area contributed by atoms with E-state index in [1.807, 2.05) is 0 Å². The number of carbonyl (C=O) groups excluding carboxylic acids is 1. The number of hydrogen-bond donors (Lipinski definition) is 2. The van der Waals surface area contributed by atoms with Gasteiger partial charge in [-0.1, -0.05) is 78.1 Å². The first kappa shape index (κ1) is 21.7. The Hall–Kier alpha value is -1.36. The molecule has 1 unspecified atom stereocenters. The zero-order valence-corrected chi connectivity index (χ0v) is 16.2. The standard InChI is InChI=1S/C20H37N3O2/c1-3-5-6-7-8-9-10-11-12-13-15-22-19(24)18-16-25-20(23-18)17(21)14-4-2/h16-17H,3-15,21H2,1-2H3,(H,22,24). The number of hydrogen-bond acceptors (Lipinski definition) is 4. The van der Waals surface area contributed by atoms with Gasteiger partial charge in [0.2, 0.25) is 5.89 Å². The van der Waals surface area contributed by atoms with Gasteiger partial charge in [-0.3, -0.25) is 4.79 Å². The lowest BCUT2D eigenvalue weighted by molar-refractivity contribution is 0.0948. The number of amides is 1. The summed E-state index contributed by atoms with van der Waals surface area (Å²) in [5, 5.41) is 2.91. The van der Waals surface area contributed by atoms with Crippen LogP contribution in [-0.4, -0.2) is 17.4 Å². The second-order valence-corrected chi connectivity index (χ2v) is 6.90. The van der Waals surface area contributed by atoms with Crippen LogP contribution in [0.4, 0.5) is 0 Å². The third kappa shape index (κ3) is 9.63. The van der Waals surface area contributed by atoms with Crippen LogP contribution in [-0.2, 0) is 0 Å². The van der Waals surface area contributed by atoms with Gasteiger partial charge in [0.05, 0.1) is 6.04 Å². The smallest absolute Gasteiger partial charge is 0.273 e. The van der Waals surface area contributed by atoms with Gasteiger partial charge in [0.25, 0.3) is 5.91 Å². The van der Waals surface area contributed by atoms with Crippen molar-refractivity contribution in [1.29, 1.82) is 0 Å². The molecule has 0 fully saturated rings. The molecule has 1 atom stereocenters. The molecule has 0 saturated carbocycles. The van der Waals surface area contributed by atoms with E-state index in [9.17, 15) is 4.79 Å². The van der Waals surface area contributed by atoms with Crippen molar-refractivity contribution < 1.29 is 9.21 Å². The van der Waals surface area contributed by atoms with E-state index in [0.29, 0.717) is 18.1 Å². The van der Waals surface area contributed by atoms with Crippen molar-refractivity contribution in [3.8, 4) is 0 Å². The molecule has 1 aromatic rings. The first-order valence-electron chi connectivity index (χ1n) is 10.2. The zero-order chi connectivity index (χ0) is 18.3. The monoisotopic (exact) mass is 351 g/mol. The molecule has 5 nitrogen and oxygen atoms in total. The van der Waals surface area contributed by atoms with Crippen LogP contribution in [0.5, 0.6) is 0 Å². The average Bonchev–Trinajstić information content (AvgIpc) is 3.10. The number of carbonyl (C=O) groups is 1. The lowest BCUT2D eigenvalue weighted by Gasteiger charge is -2.04. The fourth-order valence-electron chi connectivity index (χ4n) is 2.90. The molecule has 0 aliphatic carbocycles. The molecular weight excluding hydrogens is 314 g/mol. The van der Waals surface area contributed by atoms with Crippen molar-refractivity contribution in [2.45, 2.75) is 96.9 Å². The van der Waals surface area contributed by atoms with E-state index in [-0.39, 0.29) is 11.9 Å². The number of nitrogens with two attached hydrogens (primary N) is 1. The van der Waals surface area contributed by atoms with Gasteiger partial charge in [0, 0.05) is 6.54 Å². The van der Waals surface area contributed by atoms with Crippen LogP contribution in [0.25, 0.3) is 0 Å². The molecular formula is C20H37N3O2. The van der Waals surface area contributed by atoms with Crippen LogP contribution in [0.1, 0.15) is 113 Å². The van der Waals surface area contributed by atoms with Crippen molar-refractivity contribution in [2.75, 3.05) is 6.54 Å². The Labute approximate surface area is 153 Å². The van der Waals surface area contributed by atoms with Crippen molar-refractivity contribution in [1.82, 2.24) is 10.3 Å². The van der Waals surface area contributed by atoms with Gasteiger partial charge in [-0.2, -0.15) is 0 Å². The SMILES string of the molecule is CCCCCCCCCCCCNC(=O)c1coc(C(N)CCC)n1. The van der Waals surface area contributed by atoms with Crippen molar-refractivity contribution in [3.05, 3.63) is 17.8 Å². The Morgan fingerprint density at radius 3 is 2.24 bits per heavy atom. The fraction of sp³-hybridized carbons (Fsp3) is 0.800. The minimum Gasteiger partial charge on any atom is -0.446 e. The van der Waals surface area contributed by atoms with Gasteiger partial charge in [-0.05, 0) is 12.8 Å². The largest absolute Gasteiger partial charge is 0.446 e. The maximum atomic E-state index is 12.0. The van der Waals surface area contributed by atoms with E-state index >= 15 is 0 Å². The van der Waals surface area contributed by atoms with Crippen LogP contribution < -0.4 is 11.1 Å². The summed E-state index contributed by atoms with van der Waals surface area (Å²) in [6, 6.07) is -0.228. The Morgan fingerprint density at radius 2 is 1.64 bits per heavy atom. The highest BCUT2D eigenvalue weighted by Gasteiger charge is 2.15. The van der Waals surface area contributed by atoms with E-state index in [2.05, 4.69) is 24.1 Å². The predicted molar refractivity (Wildman–Crippen MR) is 103 cm³/mol. The molecule has 0 saturated heterocycles. The third-order valence-corrected chi connectivity index (χ3v) is 4.49. The summed E-state index contributed by atoms with van der Waals surface area (Å²) >= 11 is 0. The summed E-state index contributed by atoms with van der Waals surface area (Å²) in [5.74, 6) is 0.278. The molecule has 0 aliphatic rings. The molecule has 0 spiro atoms. The van der Waals surface area contributed by atoms with Crippen LogP contribution in [0.3, 0.4) is 0 Å². The van der Waals surface area contributed by atoms with Gasteiger partial charge in [-0.15, -0.1) is 0 Å². The molecule has 25 heavy (non-hydrogen) atoms. The van der Waals surface area contributed by atoms with E-state index < -0.39 is 0 Å². The number of nitrogens with zero attached hydrogens (tertiary/aromatic N) is 1. The van der Waals surface area contributed by atoms with Crippen LogP contribution >= 0.6 is 0 Å². The van der Waals surface area contributed by atoms with Gasteiger partial charge in [-0.25, -0.2) is 4.98 Å². The number of unbranched alkanes of at least 4 members (excludes halogenated alkanes) is 9. The first-order chi connectivity index (χ1) is 12.2. The highest BCUT2D eigenvalue weighted by molar-refractivity contribution is 5.91. The minimum atomic E-state index is -0.228. The highest BCUT2D eigenvalue weighted by atomic mass is 16.3. The normalized spacial score (nSPS) is 12.3. The molecule has 1 heterocycles. The van der Waals surface area contributed by atoms with Gasteiger partial charge >= 0.3 is 0 Å². The summed E-state index contributed by atoms with van der Waals surface area (Å²) in [7, 11) is 0. The van der Waals surface area contributed by atoms with E-state index in [1.165, 1.54) is 64.1 Å². The second-order valence-electron chi connectivity index (χ2n) is 6.90. The lowest BCUT2D eigenvalue weighted by atomic mass is 10.1. The molecule has 5 heteroatoms. The molecule has 1 rings (SSSR count). The number of nitrogens with one attached hydrogen (secondary N) is 1. The predicted octanol–water partition coefficient (Wildman–Crippen LogP) is 5.13. The Balaban J connectivity index is 2.04. The summed E-state index contributed by atoms with van der Waals surface area (Å²) < 4.78 is 5.31. The molecule has 0 aliphatic heterocycles. The average molecular weight is 352 g/mol. The van der Waals surface area contributed by atoms with Crippen molar-refractivity contribution in [3.63, 3.8) is 0 Å². The van der Waals surface area contributed by atoms with Gasteiger partial charge in [0.1, 0.15) is 6.26 Å². The summed E-state index contributed by atoms with van der Waals surface area (Å²) in [4.78, 5) is 16.2. The number of oxazole rings is 1. The second kappa shape index (κ2) is 13.9. The van der Waals surface area contributed by atoms with E-state index in [4.69, 9.17) is 10.2 Å². The summed E-state index contributed by atoms with van der Waals surface area (Å²) in [6.07, 6.45) is 16.1. The molecule has 144 valence electrons. The molecule has 0 aromatic carbocycles. The highest BCUT2D eigenvalue weighted by Crippen LogP contribution is 2.15. The first-order valence-corrected chi connectivity index (χ1v) is 10.2. The zero-order valence-electron chi connectivity index (χ0n) is 16.2. The maximum Gasteiger partial charge on any atom is 0.273 e.